The topological polar surface area (TPSA) is 46.9 Å². The Kier molecular flexibility index (Phi) is 3.80. The van der Waals surface area contributed by atoms with Gasteiger partial charge in [-0.25, -0.2) is 13.8 Å². The molecule has 1 aromatic carbocycles. The minimum Gasteiger partial charge on any atom is -0.352 e. The van der Waals surface area contributed by atoms with Gasteiger partial charge in [0.05, 0.1) is 5.52 Å². The number of halogens is 3. The van der Waals surface area contributed by atoms with E-state index in [0.717, 1.165) is 18.9 Å². The summed E-state index contributed by atoms with van der Waals surface area (Å²) in [5.74, 6) is -0.839. The molecular formula is C14H14ClF2N3O. The molecule has 1 saturated carbocycles. The van der Waals surface area contributed by atoms with Crippen LogP contribution in [0.5, 0.6) is 0 Å². The maximum absolute atomic E-state index is 13.8. The van der Waals surface area contributed by atoms with Gasteiger partial charge in [-0.1, -0.05) is 0 Å². The van der Waals surface area contributed by atoms with Gasteiger partial charge >= 0.3 is 0 Å². The van der Waals surface area contributed by atoms with Gasteiger partial charge in [0.1, 0.15) is 23.7 Å². The molecule has 1 aliphatic carbocycles. The Hall–Kier alpha value is -1.69. The molecule has 1 aromatic heterocycles. The van der Waals surface area contributed by atoms with Gasteiger partial charge in [-0.05, 0) is 18.9 Å². The van der Waals surface area contributed by atoms with E-state index in [0.29, 0.717) is 12.2 Å². The molecule has 1 amide bonds. The lowest BCUT2D eigenvalue weighted by Crippen LogP contribution is -2.29. The molecule has 0 atom stereocenters. The van der Waals surface area contributed by atoms with Crippen LogP contribution in [0.4, 0.5) is 8.78 Å². The van der Waals surface area contributed by atoms with Crippen LogP contribution >= 0.6 is 11.6 Å². The molecule has 0 saturated heterocycles. The lowest BCUT2D eigenvalue weighted by atomic mass is 10.3. The second-order valence-electron chi connectivity index (χ2n) is 5.15. The fraction of sp³-hybridized carbons (Fsp3) is 0.429. The first-order chi connectivity index (χ1) is 10.1. The number of aryl methyl sites for hydroxylation is 1. The molecule has 0 unspecified atom stereocenters. The summed E-state index contributed by atoms with van der Waals surface area (Å²) in [6.45, 7) is -0.0118. The lowest BCUT2D eigenvalue weighted by Gasteiger charge is -2.09. The van der Waals surface area contributed by atoms with Crippen molar-refractivity contribution in [2.24, 2.45) is 0 Å². The number of imidazole rings is 1. The van der Waals surface area contributed by atoms with Crippen molar-refractivity contribution in [3.05, 3.63) is 29.6 Å². The minimum absolute atomic E-state index is 0.0118. The number of alkyl halides is 1. The monoisotopic (exact) mass is 313 g/mol. The zero-order chi connectivity index (χ0) is 15.0. The number of carbonyl (C=O) groups is 1. The Bertz CT molecular complexity index is 697. The van der Waals surface area contributed by atoms with Crippen LogP contribution in [0.25, 0.3) is 11.0 Å². The van der Waals surface area contributed by atoms with Gasteiger partial charge in [-0.3, -0.25) is 4.79 Å². The average Bonchev–Trinajstić information content (AvgIpc) is 3.16. The normalized spacial score (nSPS) is 14.6. The largest absolute Gasteiger partial charge is 0.352 e. The summed E-state index contributed by atoms with van der Waals surface area (Å²) in [7, 11) is 0. The molecule has 3 rings (SSSR count). The smallest absolute Gasteiger partial charge is 0.240 e. The molecule has 2 aromatic rings. The molecular weight excluding hydrogens is 300 g/mol. The van der Waals surface area contributed by atoms with E-state index in [1.807, 2.05) is 0 Å². The molecule has 0 aliphatic heterocycles. The minimum atomic E-state index is -0.734. The number of fused-ring (bicyclic) bond motifs is 1. The highest BCUT2D eigenvalue weighted by Crippen LogP contribution is 2.22. The number of rotatable bonds is 5. The maximum atomic E-state index is 13.8. The van der Waals surface area contributed by atoms with Gasteiger partial charge in [0.25, 0.3) is 0 Å². The second-order valence-corrected chi connectivity index (χ2v) is 5.53. The zero-order valence-corrected chi connectivity index (χ0v) is 12.0. The van der Waals surface area contributed by atoms with Crippen LogP contribution < -0.4 is 5.32 Å². The highest BCUT2D eigenvalue weighted by molar-refractivity contribution is 6.17. The SMILES string of the molecule is O=C(Cn1c(CCCl)nc2c(F)cc(F)cc21)NC1CC1. The van der Waals surface area contributed by atoms with E-state index in [-0.39, 0.29) is 35.4 Å². The highest BCUT2D eigenvalue weighted by Gasteiger charge is 2.24. The summed E-state index contributed by atoms with van der Waals surface area (Å²) in [6.07, 6.45) is 2.34. The van der Waals surface area contributed by atoms with E-state index in [1.54, 1.807) is 0 Å². The summed E-state index contributed by atoms with van der Waals surface area (Å²) >= 11 is 5.72. The van der Waals surface area contributed by atoms with Crippen molar-refractivity contribution in [2.45, 2.75) is 31.8 Å². The van der Waals surface area contributed by atoms with Crippen molar-refractivity contribution in [2.75, 3.05) is 5.88 Å². The molecule has 21 heavy (non-hydrogen) atoms. The van der Waals surface area contributed by atoms with Gasteiger partial charge in [-0.2, -0.15) is 0 Å². The van der Waals surface area contributed by atoms with E-state index >= 15 is 0 Å². The van der Waals surface area contributed by atoms with E-state index in [4.69, 9.17) is 11.6 Å². The molecule has 112 valence electrons. The quantitative estimate of drug-likeness (QED) is 0.862. The molecule has 0 bridgehead atoms. The van der Waals surface area contributed by atoms with Crippen LogP contribution in [-0.4, -0.2) is 27.4 Å². The van der Waals surface area contributed by atoms with Gasteiger partial charge < -0.3 is 9.88 Å². The Morgan fingerprint density at radius 1 is 1.43 bits per heavy atom. The predicted octanol–water partition coefficient (Wildman–Crippen LogP) is 2.37. The van der Waals surface area contributed by atoms with E-state index in [1.165, 1.54) is 10.6 Å². The number of aromatic nitrogens is 2. The molecule has 1 N–H and O–H groups in total. The van der Waals surface area contributed by atoms with Crippen molar-refractivity contribution in [3.63, 3.8) is 0 Å². The summed E-state index contributed by atoms with van der Waals surface area (Å²) < 4.78 is 28.7. The van der Waals surface area contributed by atoms with Gasteiger partial charge in [0, 0.05) is 24.4 Å². The lowest BCUT2D eigenvalue weighted by molar-refractivity contribution is -0.121. The molecule has 4 nitrogen and oxygen atoms in total. The van der Waals surface area contributed by atoms with Gasteiger partial charge in [0.15, 0.2) is 5.82 Å². The standard InChI is InChI=1S/C14H14ClF2N3O/c15-4-3-12-19-14-10(17)5-8(16)6-11(14)20(12)7-13(21)18-9-1-2-9/h5-6,9H,1-4,7H2,(H,18,21). The third-order valence-corrected chi connectivity index (χ3v) is 3.60. The predicted molar refractivity (Wildman–Crippen MR) is 75.2 cm³/mol. The molecule has 1 heterocycles. The Labute approximate surface area is 125 Å². The second kappa shape index (κ2) is 5.60. The van der Waals surface area contributed by atoms with Crippen molar-refractivity contribution >= 4 is 28.5 Å². The first-order valence-electron chi connectivity index (χ1n) is 6.78. The first kappa shape index (κ1) is 14.3. The van der Waals surface area contributed by atoms with E-state index < -0.39 is 11.6 Å². The van der Waals surface area contributed by atoms with Gasteiger partial charge in [-0.15, -0.1) is 11.6 Å². The number of nitrogens with zero attached hydrogens (tertiary/aromatic N) is 2. The summed E-state index contributed by atoms with van der Waals surface area (Å²) in [5.41, 5.74) is 0.342. The van der Waals surface area contributed by atoms with E-state index in [9.17, 15) is 13.6 Å². The molecule has 0 radical (unpaired) electrons. The van der Waals surface area contributed by atoms with E-state index in [2.05, 4.69) is 10.3 Å². The fourth-order valence-electron chi connectivity index (χ4n) is 2.29. The number of hydrogen-bond acceptors (Lipinski definition) is 2. The van der Waals surface area contributed by atoms with Crippen LogP contribution in [0.15, 0.2) is 12.1 Å². The third kappa shape index (κ3) is 3.00. The highest BCUT2D eigenvalue weighted by atomic mass is 35.5. The van der Waals surface area contributed by atoms with Crippen molar-refractivity contribution in [3.8, 4) is 0 Å². The van der Waals surface area contributed by atoms with Crippen LogP contribution in [-0.2, 0) is 17.8 Å². The summed E-state index contributed by atoms with van der Waals surface area (Å²) in [5, 5.41) is 2.85. The van der Waals surface area contributed by atoms with Crippen molar-refractivity contribution < 1.29 is 13.6 Å². The zero-order valence-electron chi connectivity index (χ0n) is 11.2. The molecule has 1 aliphatic rings. The maximum Gasteiger partial charge on any atom is 0.240 e. The number of nitrogens with one attached hydrogen (secondary N) is 1. The van der Waals surface area contributed by atoms with Crippen LogP contribution in [0, 0.1) is 11.6 Å². The summed E-state index contributed by atoms with van der Waals surface area (Å²) in [4.78, 5) is 16.1. The van der Waals surface area contributed by atoms with Crippen LogP contribution in [0.1, 0.15) is 18.7 Å². The number of benzene rings is 1. The summed E-state index contributed by atoms with van der Waals surface area (Å²) in [6, 6.07) is 2.21. The first-order valence-corrected chi connectivity index (χ1v) is 7.31. The van der Waals surface area contributed by atoms with Crippen LogP contribution in [0.3, 0.4) is 0 Å². The fourth-order valence-corrected chi connectivity index (χ4v) is 2.46. The van der Waals surface area contributed by atoms with Crippen molar-refractivity contribution in [1.82, 2.24) is 14.9 Å². The van der Waals surface area contributed by atoms with Crippen LogP contribution in [0.2, 0.25) is 0 Å². The molecule has 0 spiro atoms. The number of amides is 1. The number of hydrogen-bond donors (Lipinski definition) is 1. The molecule has 7 heteroatoms. The third-order valence-electron chi connectivity index (χ3n) is 3.41. The molecule has 1 fully saturated rings. The van der Waals surface area contributed by atoms with Crippen molar-refractivity contribution in [1.29, 1.82) is 0 Å². The Morgan fingerprint density at radius 2 is 2.19 bits per heavy atom. The number of carbonyl (C=O) groups excluding carboxylic acids is 1. The Balaban J connectivity index is 1.99. The van der Waals surface area contributed by atoms with Gasteiger partial charge in [0.2, 0.25) is 5.91 Å². The average molecular weight is 314 g/mol. The Morgan fingerprint density at radius 3 is 2.86 bits per heavy atom.